The molecule has 3 rings (SSSR count). The van der Waals surface area contributed by atoms with Gasteiger partial charge in [0, 0.05) is 39.3 Å². The average Bonchev–Trinajstić information content (AvgIpc) is 2.88. The van der Waals surface area contributed by atoms with Crippen molar-refractivity contribution in [2.24, 2.45) is 0 Å². The molecule has 26 heavy (non-hydrogen) atoms. The lowest BCUT2D eigenvalue weighted by molar-refractivity contribution is -0.00983. The highest BCUT2D eigenvalue weighted by Gasteiger charge is 2.25. The highest BCUT2D eigenvalue weighted by Crippen LogP contribution is 2.25. The summed E-state index contributed by atoms with van der Waals surface area (Å²) in [6.07, 6.45) is 0.874. The highest BCUT2D eigenvalue weighted by atomic mass is 16.5. The van der Waals surface area contributed by atoms with E-state index in [1.807, 2.05) is 30.0 Å². The van der Waals surface area contributed by atoms with E-state index in [0.717, 1.165) is 44.8 Å². The third-order valence-electron chi connectivity index (χ3n) is 4.80. The van der Waals surface area contributed by atoms with Crippen molar-refractivity contribution in [3.8, 4) is 5.75 Å². The molecule has 2 amide bonds. The molecule has 2 fully saturated rings. The Morgan fingerprint density at radius 1 is 1.27 bits per heavy atom. The molecule has 2 aliphatic heterocycles. The van der Waals surface area contributed by atoms with Crippen LogP contribution in [0.3, 0.4) is 0 Å². The lowest BCUT2D eigenvalue weighted by atomic mass is 10.2. The minimum Gasteiger partial charge on any atom is -0.495 e. The van der Waals surface area contributed by atoms with Crippen LogP contribution in [0.5, 0.6) is 5.75 Å². The summed E-state index contributed by atoms with van der Waals surface area (Å²) in [5.74, 6) is 0.667. The molecule has 0 bridgehead atoms. The van der Waals surface area contributed by atoms with Crippen LogP contribution >= 0.6 is 0 Å². The third kappa shape index (κ3) is 5.09. The van der Waals surface area contributed by atoms with Gasteiger partial charge in [-0.15, -0.1) is 0 Å². The van der Waals surface area contributed by atoms with Crippen LogP contribution in [0.1, 0.15) is 12.0 Å². The largest absolute Gasteiger partial charge is 0.495 e. The minimum absolute atomic E-state index is 0.0285. The first-order chi connectivity index (χ1) is 12.7. The topological polar surface area (TPSA) is 63.3 Å². The second kappa shape index (κ2) is 9.21. The van der Waals surface area contributed by atoms with Crippen LogP contribution in [0.15, 0.2) is 18.2 Å². The minimum atomic E-state index is -0.105. The van der Waals surface area contributed by atoms with Gasteiger partial charge in [0.25, 0.3) is 0 Å². The van der Waals surface area contributed by atoms with E-state index in [0.29, 0.717) is 31.1 Å². The van der Waals surface area contributed by atoms with Crippen LogP contribution in [0.2, 0.25) is 0 Å². The number of morpholine rings is 1. The Kier molecular flexibility index (Phi) is 6.71. The molecular formula is C19H29N3O4. The first-order valence-corrected chi connectivity index (χ1v) is 9.28. The molecule has 0 aromatic heterocycles. The summed E-state index contributed by atoms with van der Waals surface area (Å²) >= 11 is 0. The van der Waals surface area contributed by atoms with E-state index >= 15 is 0 Å². The van der Waals surface area contributed by atoms with E-state index in [9.17, 15) is 4.79 Å². The Morgan fingerprint density at radius 2 is 2.08 bits per heavy atom. The van der Waals surface area contributed by atoms with Crippen molar-refractivity contribution in [1.82, 2.24) is 9.80 Å². The summed E-state index contributed by atoms with van der Waals surface area (Å²) in [6, 6.07) is 5.66. The Balaban J connectivity index is 1.61. The summed E-state index contributed by atoms with van der Waals surface area (Å²) in [6.45, 7) is 8.19. The van der Waals surface area contributed by atoms with Gasteiger partial charge in [0.2, 0.25) is 0 Å². The number of methoxy groups -OCH3 is 1. The van der Waals surface area contributed by atoms with Crippen molar-refractivity contribution >= 4 is 11.7 Å². The Morgan fingerprint density at radius 3 is 2.85 bits per heavy atom. The Bertz CT molecular complexity index is 604. The van der Waals surface area contributed by atoms with Gasteiger partial charge in [-0.05, 0) is 31.0 Å². The number of aryl methyl sites for hydroxylation is 1. The van der Waals surface area contributed by atoms with Crippen LogP contribution in [0.25, 0.3) is 0 Å². The molecule has 0 spiro atoms. The van der Waals surface area contributed by atoms with E-state index < -0.39 is 0 Å². The number of ether oxygens (including phenoxy) is 3. The third-order valence-corrected chi connectivity index (χ3v) is 4.80. The van der Waals surface area contributed by atoms with Crippen LogP contribution < -0.4 is 10.1 Å². The van der Waals surface area contributed by atoms with Gasteiger partial charge in [-0.25, -0.2) is 4.79 Å². The van der Waals surface area contributed by atoms with Gasteiger partial charge in [-0.2, -0.15) is 0 Å². The zero-order chi connectivity index (χ0) is 18.4. The summed E-state index contributed by atoms with van der Waals surface area (Å²) < 4.78 is 16.7. The van der Waals surface area contributed by atoms with E-state index in [-0.39, 0.29) is 12.1 Å². The van der Waals surface area contributed by atoms with Gasteiger partial charge in [0.05, 0.1) is 32.1 Å². The van der Waals surface area contributed by atoms with E-state index in [2.05, 4.69) is 10.2 Å². The molecule has 0 saturated carbocycles. The van der Waals surface area contributed by atoms with Crippen LogP contribution in [-0.2, 0) is 9.47 Å². The molecule has 2 aliphatic rings. The number of anilines is 1. The number of urea groups is 1. The fraction of sp³-hybridized carbons (Fsp3) is 0.632. The van der Waals surface area contributed by atoms with Crippen LogP contribution in [0, 0.1) is 6.92 Å². The van der Waals surface area contributed by atoms with Gasteiger partial charge >= 0.3 is 6.03 Å². The van der Waals surface area contributed by atoms with E-state index in [1.165, 1.54) is 0 Å². The number of hydrogen-bond donors (Lipinski definition) is 1. The molecule has 0 aliphatic carbocycles. The predicted molar refractivity (Wildman–Crippen MR) is 99.9 cm³/mol. The number of rotatable bonds is 4. The standard InChI is InChI=1S/C19H29N3O4/c1-15-4-5-18(24-2)17(12-15)20-19(23)22-6-3-9-26-16(14-22)13-21-7-10-25-11-8-21/h4-5,12,16H,3,6-11,13-14H2,1-2H3,(H,20,23). The SMILES string of the molecule is COc1ccc(C)cc1NC(=O)N1CCCOC(CN2CCOCC2)C1. The summed E-state index contributed by atoms with van der Waals surface area (Å²) in [5, 5.41) is 3.00. The molecule has 7 nitrogen and oxygen atoms in total. The molecule has 1 aromatic carbocycles. The molecule has 2 heterocycles. The van der Waals surface area contributed by atoms with Crippen LogP contribution in [-0.4, -0.2) is 81.6 Å². The molecule has 144 valence electrons. The molecule has 1 aromatic rings. The molecule has 7 heteroatoms. The van der Waals surface area contributed by atoms with Crippen molar-refractivity contribution in [1.29, 1.82) is 0 Å². The van der Waals surface area contributed by atoms with Crippen molar-refractivity contribution in [3.05, 3.63) is 23.8 Å². The lowest BCUT2D eigenvalue weighted by Crippen LogP contribution is -2.46. The molecule has 2 saturated heterocycles. The van der Waals surface area contributed by atoms with Gasteiger partial charge in [-0.1, -0.05) is 6.07 Å². The predicted octanol–water partition coefficient (Wildman–Crippen LogP) is 1.96. The number of hydrogen-bond acceptors (Lipinski definition) is 5. The second-order valence-electron chi connectivity index (χ2n) is 6.84. The first kappa shape index (κ1) is 18.9. The van der Waals surface area contributed by atoms with Crippen LogP contribution in [0.4, 0.5) is 10.5 Å². The smallest absolute Gasteiger partial charge is 0.322 e. The summed E-state index contributed by atoms with van der Waals surface area (Å²) in [7, 11) is 1.61. The quantitative estimate of drug-likeness (QED) is 0.886. The number of carbonyl (C=O) groups excluding carboxylic acids is 1. The first-order valence-electron chi connectivity index (χ1n) is 9.28. The second-order valence-corrected chi connectivity index (χ2v) is 6.84. The highest BCUT2D eigenvalue weighted by molar-refractivity contribution is 5.91. The average molecular weight is 363 g/mol. The molecule has 1 atom stereocenters. The van der Waals surface area contributed by atoms with Crippen molar-refractivity contribution in [2.75, 3.05) is 65.0 Å². The number of carbonyl (C=O) groups is 1. The fourth-order valence-electron chi connectivity index (χ4n) is 3.38. The maximum absolute atomic E-state index is 12.8. The number of amides is 2. The monoisotopic (exact) mass is 363 g/mol. The lowest BCUT2D eigenvalue weighted by Gasteiger charge is -2.31. The maximum atomic E-state index is 12.8. The zero-order valence-electron chi connectivity index (χ0n) is 15.7. The number of nitrogens with zero attached hydrogens (tertiary/aromatic N) is 2. The molecule has 1 unspecified atom stereocenters. The van der Waals surface area contributed by atoms with Crippen molar-refractivity contribution < 1.29 is 19.0 Å². The summed E-state index contributed by atoms with van der Waals surface area (Å²) in [4.78, 5) is 17.0. The molecule has 0 radical (unpaired) electrons. The van der Waals surface area contributed by atoms with Crippen molar-refractivity contribution in [3.63, 3.8) is 0 Å². The molecular weight excluding hydrogens is 334 g/mol. The van der Waals surface area contributed by atoms with Gasteiger partial charge < -0.3 is 24.4 Å². The van der Waals surface area contributed by atoms with Gasteiger partial charge in [-0.3, -0.25) is 4.90 Å². The normalized spacial score (nSPS) is 21.9. The number of benzene rings is 1. The Hall–Kier alpha value is -1.83. The zero-order valence-corrected chi connectivity index (χ0v) is 15.7. The summed E-state index contributed by atoms with van der Waals surface area (Å²) in [5.41, 5.74) is 1.78. The van der Waals surface area contributed by atoms with Gasteiger partial charge in [0.15, 0.2) is 0 Å². The fourth-order valence-corrected chi connectivity index (χ4v) is 3.38. The maximum Gasteiger partial charge on any atom is 0.322 e. The van der Waals surface area contributed by atoms with Crippen molar-refractivity contribution in [2.45, 2.75) is 19.4 Å². The number of nitrogens with one attached hydrogen (secondary N) is 1. The molecule has 1 N–H and O–H groups in total. The van der Waals surface area contributed by atoms with Gasteiger partial charge in [0.1, 0.15) is 5.75 Å². The van der Waals surface area contributed by atoms with E-state index in [4.69, 9.17) is 14.2 Å². The van der Waals surface area contributed by atoms with E-state index in [1.54, 1.807) is 7.11 Å². The Labute approximate surface area is 155 Å².